The maximum absolute atomic E-state index is 10.8. The molecule has 282 valence electrons. The minimum absolute atomic E-state index is 0.0173. The van der Waals surface area contributed by atoms with E-state index >= 15 is 0 Å². The standard InChI is InChI=1S/C52H54N4/c1-49(2,3)34-13-17-42-38(27-34)39-28-35(50(4,5)6)14-18-43(39)55(42)46-25-32(31-53)26-47(48(46)33-21-23-54-24-22-33)56-44-19-15-36(51(7,8)9)29-40(44)41-30-37(52(10,11)12)16-20-45(41)56/h13-30H,1-12H3. The number of benzene rings is 5. The van der Waals surface area contributed by atoms with Crippen molar-refractivity contribution in [2.45, 2.75) is 105 Å². The van der Waals surface area contributed by atoms with Crippen molar-refractivity contribution in [3.63, 3.8) is 0 Å². The zero-order chi connectivity index (χ0) is 40.1. The average Bonchev–Trinajstić information content (AvgIpc) is 3.64. The summed E-state index contributed by atoms with van der Waals surface area (Å²) in [5, 5.41) is 15.7. The molecule has 0 fully saturated rings. The molecule has 4 heteroatoms. The molecule has 0 atom stereocenters. The third-order valence-electron chi connectivity index (χ3n) is 11.7. The summed E-state index contributed by atoms with van der Waals surface area (Å²) in [7, 11) is 0. The highest BCUT2D eigenvalue weighted by molar-refractivity contribution is 6.12. The molecule has 0 bridgehead atoms. The van der Waals surface area contributed by atoms with Crippen LogP contribution in [0.25, 0.3) is 66.1 Å². The van der Waals surface area contributed by atoms with E-state index in [9.17, 15) is 5.26 Å². The summed E-state index contributed by atoms with van der Waals surface area (Å²) in [5.41, 5.74) is 14.2. The van der Waals surface area contributed by atoms with Gasteiger partial charge in [0, 0.05) is 39.5 Å². The van der Waals surface area contributed by atoms with Crippen LogP contribution in [-0.4, -0.2) is 14.1 Å². The van der Waals surface area contributed by atoms with Gasteiger partial charge in [-0.25, -0.2) is 0 Å². The lowest BCUT2D eigenvalue weighted by molar-refractivity contribution is 0.590. The van der Waals surface area contributed by atoms with Gasteiger partial charge in [0.25, 0.3) is 0 Å². The van der Waals surface area contributed by atoms with Gasteiger partial charge in [-0.15, -0.1) is 0 Å². The lowest BCUT2D eigenvalue weighted by atomic mass is 9.85. The van der Waals surface area contributed by atoms with Gasteiger partial charge in [-0.1, -0.05) is 107 Å². The summed E-state index contributed by atoms with van der Waals surface area (Å²) in [6.45, 7) is 27.3. The fourth-order valence-corrected chi connectivity index (χ4v) is 8.28. The smallest absolute Gasteiger partial charge is 0.0993 e. The SMILES string of the molecule is CC(C)(C)c1ccc2c(c1)c1cc(C(C)(C)C)ccc1n2-c1cc(C#N)cc(-n2c3ccc(C(C)(C)C)cc3c3cc(C(C)(C)C)ccc32)c1-c1ccncc1. The van der Waals surface area contributed by atoms with Crippen molar-refractivity contribution in [2.75, 3.05) is 0 Å². The van der Waals surface area contributed by atoms with E-state index in [1.54, 1.807) is 0 Å². The summed E-state index contributed by atoms with van der Waals surface area (Å²) >= 11 is 0. The van der Waals surface area contributed by atoms with Crippen LogP contribution in [0.3, 0.4) is 0 Å². The lowest BCUT2D eigenvalue weighted by Crippen LogP contribution is -2.10. The van der Waals surface area contributed by atoms with Gasteiger partial charge >= 0.3 is 0 Å². The van der Waals surface area contributed by atoms with Crippen molar-refractivity contribution in [3.8, 4) is 28.6 Å². The van der Waals surface area contributed by atoms with Crippen LogP contribution in [0, 0.1) is 11.3 Å². The summed E-state index contributed by atoms with van der Waals surface area (Å²) in [4.78, 5) is 4.45. The second-order valence-electron chi connectivity index (χ2n) is 19.8. The maximum Gasteiger partial charge on any atom is 0.0993 e. The molecule has 0 aliphatic heterocycles. The Hall–Kier alpha value is -5.66. The molecule has 4 nitrogen and oxygen atoms in total. The van der Waals surface area contributed by atoms with Gasteiger partial charge in [-0.05, 0) is 122 Å². The third-order valence-corrected chi connectivity index (χ3v) is 11.7. The van der Waals surface area contributed by atoms with Gasteiger partial charge in [0.05, 0.1) is 45.1 Å². The van der Waals surface area contributed by atoms with E-state index in [4.69, 9.17) is 0 Å². The van der Waals surface area contributed by atoms with Crippen molar-refractivity contribution in [1.82, 2.24) is 14.1 Å². The molecule has 0 aliphatic carbocycles. The molecule has 56 heavy (non-hydrogen) atoms. The van der Waals surface area contributed by atoms with E-state index in [-0.39, 0.29) is 21.7 Å². The predicted octanol–water partition coefficient (Wildman–Crippen LogP) is 14.0. The van der Waals surface area contributed by atoms with Crippen molar-refractivity contribution in [3.05, 3.63) is 137 Å². The van der Waals surface area contributed by atoms with Gasteiger partial charge in [0.1, 0.15) is 0 Å². The molecule has 0 unspecified atom stereocenters. The molecule has 0 saturated heterocycles. The first-order valence-electron chi connectivity index (χ1n) is 19.9. The van der Waals surface area contributed by atoms with Crippen LogP contribution in [0.1, 0.15) is 111 Å². The Morgan fingerprint density at radius 3 is 1.00 bits per heavy atom. The summed E-state index contributed by atoms with van der Waals surface area (Å²) in [5.74, 6) is 0. The van der Waals surface area contributed by atoms with Crippen LogP contribution >= 0.6 is 0 Å². The summed E-state index contributed by atoms with van der Waals surface area (Å²) in [6, 6.07) is 38.7. The van der Waals surface area contributed by atoms with Crippen LogP contribution in [0.4, 0.5) is 0 Å². The minimum atomic E-state index is -0.0173. The molecule has 5 aromatic carbocycles. The molecule has 8 aromatic rings. The van der Waals surface area contributed by atoms with Crippen LogP contribution < -0.4 is 0 Å². The molecule has 0 aliphatic rings. The topological polar surface area (TPSA) is 46.5 Å². The Balaban J connectivity index is 1.56. The van der Waals surface area contributed by atoms with E-state index in [1.165, 1.54) is 43.8 Å². The number of fused-ring (bicyclic) bond motifs is 6. The fraction of sp³-hybridized carbons (Fsp3) is 0.308. The third kappa shape index (κ3) is 6.19. The van der Waals surface area contributed by atoms with Crippen molar-refractivity contribution in [1.29, 1.82) is 5.26 Å². The van der Waals surface area contributed by atoms with E-state index in [1.807, 2.05) is 12.4 Å². The number of pyridine rings is 1. The Morgan fingerprint density at radius 2 is 0.732 bits per heavy atom. The van der Waals surface area contributed by atoms with Crippen molar-refractivity contribution < 1.29 is 0 Å². The van der Waals surface area contributed by atoms with E-state index in [2.05, 4.69) is 200 Å². The number of aromatic nitrogens is 3. The molecule has 0 saturated carbocycles. The maximum atomic E-state index is 10.8. The quantitative estimate of drug-likeness (QED) is 0.181. The second-order valence-corrected chi connectivity index (χ2v) is 19.8. The Morgan fingerprint density at radius 1 is 0.429 bits per heavy atom. The van der Waals surface area contributed by atoms with Gasteiger partial charge in [0.15, 0.2) is 0 Å². The van der Waals surface area contributed by atoms with Crippen molar-refractivity contribution >= 4 is 43.6 Å². The Labute approximate surface area is 332 Å². The number of hydrogen-bond donors (Lipinski definition) is 0. The highest BCUT2D eigenvalue weighted by atomic mass is 15.0. The summed E-state index contributed by atoms with van der Waals surface area (Å²) < 4.78 is 4.79. The van der Waals surface area contributed by atoms with E-state index in [0.717, 1.165) is 44.6 Å². The van der Waals surface area contributed by atoms with Gasteiger partial charge in [0.2, 0.25) is 0 Å². The lowest BCUT2D eigenvalue weighted by Gasteiger charge is -2.22. The highest BCUT2D eigenvalue weighted by Crippen LogP contribution is 2.45. The van der Waals surface area contributed by atoms with Gasteiger partial charge in [-0.2, -0.15) is 5.26 Å². The monoisotopic (exact) mass is 734 g/mol. The highest BCUT2D eigenvalue weighted by Gasteiger charge is 2.27. The molecule has 0 spiro atoms. The molecule has 8 rings (SSSR count). The Kier molecular flexibility index (Phi) is 8.44. The first kappa shape index (κ1) is 37.3. The fourth-order valence-electron chi connectivity index (χ4n) is 8.28. The Bertz CT molecular complexity index is 2570. The first-order chi connectivity index (χ1) is 26.3. The van der Waals surface area contributed by atoms with Crippen LogP contribution in [0.15, 0.2) is 109 Å². The number of nitrogens with zero attached hydrogens (tertiary/aromatic N) is 4. The molecule has 0 N–H and O–H groups in total. The number of rotatable bonds is 3. The van der Waals surface area contributed by atoms with Gasteiger partial charge in [-0.3, -0.25) is 4.98 Å². The largest absolute Gasteiger partial charge is 0.308 e. The minimum Gasteiger partial charge on any atom is -0.308 e. The van der Waals surface area contributed by atoms with Crippen molar-refractivity contribution in [2.24, 2.45) is 0 Å². The molecule has 3 aromatic heterocycles. The number of nitriles is 1. The average molecular weight is 735 g/mol. The first-order valence-corrected chi connectivity index (χ1v) is 19.9. The zero-order valence-electron chi connectivity index (χ0n) is 35.2. The zero-order valence-corrected chi connectivity index (χ0v) is 35.2. The van der Waals surface area contributed by atoms with Crippen LogP contribution in [0.5, 0.6) is 0 Å². The number of hydrogen-bond acceptors (Lipinski definition) is 2. The van der Waals surface area contributed by atoms with E-state index < -0.39 is 0 Å². The molecular formula is C52H54N4. The van der Waals surface area contributed by atoms with Crippen LogP contribution in [-0.2, 0) is 21.7 Å². The molecule has 0 amide bonds. The van der Waals surface area contributed by atoms with Gasteiger partial charge < -0.3 is 9.13 Å². The second kappa shape index (κ2) is 12.7. The molecule has 0 radical (unpaired) electrons. The van der Waals surface area contributed by atoms with E-state index in [0.29, 0.717) is 5.56 Å². The van der Waals surface area contributed by atoms with Crippen LogP contribution in [0.2, 0.25) is 0 Å². The predicted molar refractivity (Wildman–Crippen MR) is 238 cm³/mol. The molecule has 3 heterocycles. The molecular weight excluding hydrogens is 681 g/mol. The normalized spacial score (nSPS) is 13.0. The summed E-state index contributed by atoms with van der Waals surface area (Å²) in [6.07, 6.45) is 3.74.